The van der Waals surface area contributed by atoms with Gasteiger partial charge in [0.25, 0.3) is 17.7 Å². The van der Waals surface area contributed by atoms with E-state index in [1.54, 1.807) is 12.0 Å². The number of benzene rings is 2. The quantitative estimate of drug-likeness (QED) is 0.416. The third kappa shape index (κ3) is 4.96. The predicted octanol–water partition coefficient (Wildman–Crippen LogP) is 3.33. The van der Waals surface area contributed by atoms with Gasteiger partial charge in [-0.3, -0.25) is 24.1 Å². The van der Waals surface area contributed by atoms with Gasteiger partial charge in [-0.2, -0.15) is 0 Å². The van der Waals surface area contributed by atoms with E-state index in [2.05, 4.69) is 0 Å². The summed E-state index contributed by atoms with van der Waals surface area (Å²) in [5, 5.41) is 0.257. The van der Waals surface area contributed by atoms with Crippen LogP contribution in [0.4, 0.5) is 0 Å². The predicted molar refractivity (Wildman–Crippen MR) is 119 cm³/mol. The fourth-order valence-corrected chi connectivity index (χ4v) is 3.89. The van der Waals surface area contributed by atoms with Gasteiger partial charge in [-0.05, 0) is 42.7 Å². The second kappa shape index (κ2) is 9.41. The monoisotopic (exact) mass is 490 g/mol. The SMILES string of the molecule is COc1ccc(CN(C(=O)COC(=O)CN2C(=O)c3cc(Cl)c(Cl)cc3C2=O)C2CC2)cc1. The minimum Gasteiger partial charge on any atom is -0.497 e. The number of ether oxygens (including phenoxy) is 2. The highest BCUT2D eigenvalue weighted by atomic mass is 35.5. The third-order valence-corrected chi connectivity index (χ3v) is 6.20. The summed E-state index contributed by atoms with van der Waals surface area (Å²) in [7, 11) is 1.58. The molecule has 2 aromatic carbocycles. The van der Waals surface area contributed by atoms with Crippen LogP contribution in [0, 0.1) is 0 Å². The molecule has 2 aliphatic rings. The van der Waals surface area contributed by atoms with E-state index in [9.17, 15) is 19.2 Å². The molecule has 0 saturated heterocycles. The number of rotatable bonds is 8. The molecule has 0 aromatic heterocycles. The van der Waals surface area contributed by atoms with Crippen LogP contribution in [0.1, 0.15) is 39.1 Å². The molecule has 1 aliphatic heterocycles. The highest BCUT2D eigenvalue weighted by molar-refractivity contribution is 6.43. The molecule has 3 amide bonds. The molecule has 33 heavy (non-hydrogen) atoms. The number of imide groups is 1. The zero-order chi connectivity index (χ0) is 23.7. The first-order chi connectivity index (χ1) is 15.8. The van der Waals surface area contributed by atoms with Crippen LogP contribution >= 0.6 is 23.2 Å². The lowest BCUT2D eigenvalue weighted by Crippen LogP contribution is -2.39. The fraction of sp³-hybridized carbons (Fsp3) is 0.304. The van der Waals surface area contributed by atoms with Crippen LogP contribution in [-0.4, -0.2) is 59.8 Å². The van der Waals surface area contributed by atoms with Crippen LogP contribution in [0.15, 0.2) is 36.4 Å². The van der Waals surface area contributed by atoms with E-state index >= 15 is 0 Å². The van der Waals surface area contributed by atoms with Crippen molar-refractivity contribution in [1.82, 2.24) is 9.80 Å². The van der Waals surface area contributed by atoms with Gasteiger partial charge in [0.1, 0.15) is 12.3 Å². The van der Waals surface area contributed by atoms with E-state index in [1.807, 2.05) is 24.3 Å². The van der Waals surface area contributed by atoms with Gasteiger partial charge in [-0.15, -0.1) is 0 Å². The molecule has 10 heteroatoms. The van der Waals surface area contributed by atoms with Gasteiger partial charge in [0, 0.05) is 12.6 Å². The molecule has 1 heterocycles. The Kier molecular flexibility index (Phi) is 6.58. The topological polar surface area (TPSA) is 93.2 Å². The molecule has 0 spiro atoms. The summed E-state index contributed by atoms with van der Waals surface area (Å²) in [5.74, 6) is -1.83. The lowest BCUT2D eigenvalue weighted by atomic mass is 10.1. The molecule has 0 radical (unpaired) electrons. The Bertz CT molecular complexity index is 1090. The molecule has 0 bridgehead atoms. The number of hydrogen-bond donors (Lipinski definition) is 0. The third-order valence-electron chi connectivity index (χ3n) is 5.48. The molecule has 0 N–H and O–H groups in total. The molecule has 4 rings (SSSR count). The molecular formula is C23H20Cl2N2O6. The van der Waals surface area contributed by atoms with Crippen molar-refractivity contribution in [1.29, 1.82) is 0 Å². The summed E-state index contributed by atoms with van der Waals surface area (Å²) in [4.78, 5) is 52.5. The number of fused-ring (bicyclic) bond motifs is 1. The van der Waals surface area contributed by atoms with E-state index in [0.717, 1.165) is 29.1 Å². The van der Waals surface area contributed by atoms with Crippen molar-refractivity contribution < 1.29 is 28.7 Å². The number of nitrogens with zero attached hydrogens (tertiary/aromatic N) is 2. The summed E-state index contributed by atoms with van der Waals surface area (Å²) >= 11 is 11.8. The van der Waals surface area contributed by atoms with Gasteiger partial charge >= 0.3 is 5.97 Å². The van der Waals surface area contributed by atoms with Crippen LogP contribution in [0.5, 0.6) is 5.75 Å². The number of methoxy groups -OCH3 is 1. The van der Waals surface area contributed by atoms with E-state index in [1.165, 1.54) is 12.1 Å². The van der Waals surface area contributed by atoms with Crippen LogP contribution < -0.4 is 4.74 Å². The van der Waals surface area contributed by atoms with Crippen molar-refractivity contribution >= 4 is 46.9 Å². The minimum absolute atomic E-state index is 0.0673. The average Bonchev–Trinajstić information content (AvgIpc) is 3.62. The van der Waals surface area contributed by atoms with Crippen LogP contribution in [0.25, 0.3) is 0 Å². The first-order valence-corrected chi connectivity index (χ1v) is 11.0. The summed E-state index contributed by atoms with van der Waals surface area (Å²) in [6.45, 7) is -0.714. The van der Waals surface area contributed by atoms with E-state index in [4.69, 9.17) is 32.7 Å². The second-order valence-corrected chi connectivity index (χ2v) is 8.58. The fourth-order valence-electron chi connectivity index (χ4n) is 3.56. The molecular weight excluding hydrogens is 471 g/mol. The number of carbonyl (C=O) groups excluding carboxylic acids is 4. The average molecular weight is 491 g/mol. The maximum absolute atomic E-state index is 12.7. The van der Waals surface area contributed by atoms with Gasteiger partial charge in [0.05, 0.1) is 28.3 Å². The largest absolute Gasteiger partial charge is 0.497 e. The Morgan fingerprint density at radius 2 is 1.61 bits per heavy atom. The molecule has 2 aromatic rings. The summed E-state index contributed by atoms with van der Waals surface area (Å²) in [5.41, 5.74) is 1.06. The maximum atomic E-state index is 12.7. The second-order valence-electron chi connectivity index (χ2n) is 7.77. The summed E-state index contributed by atoms with van der Waals surface area (Å²) < 4.78 is 10.2. The van der Waals surface area contributed by atoms with Gasteiger partial charge in [-0.1, -0.05) is 35.3 Å². The molecule has 172 valence electrons. The highest BCUT2D eigenvalue weighted by Gasteiger charge is 2.38. The van der Waals surface area contributed by atoms with Crippen molar-refractivity contribution in [3.05, 3.63) is 63.1 Å². The van der Waals surface area contributed by atoms with E-state index in [-0.39, 0.29) is 33.1 Å². The van der Waals surface area contributed by atoms with Gasteiger partial charge in [0.2, 0.25) is 0 Å². The van der Waals surface area contributed by atoms with Crippen molar-refractivity contribution in [3.8, 4) is 5.75 Å². The Morgan fingerprint density at radius 3 is 2.12 bits per heavy atom. The smallest absolute Gasteiger partial charge is 0.326 e. The zero-order valence-electron chi connectivity index (χ0n) is 17.7. The molecule has 1 aliphatic carbocycles. The Balaban J connectivity index is 1.34. The molecule has 8 nitrogen and oxygen atoms in total. The van der Waals surface area contributed by atoms with Crippen LogP contribution in [-0.2, 0) is 20.9 Å². The van der Waals surface area contributed by atoms with Gasteiger partial charge in [-0.25, -0.2) is 0 Å². The van der Waals surface area contributed by atoms with Gasteiger partial charge in [0.15, 0.2) is 6.61 Å². The molecule has 1 fully saturated rings. The van der Waals surface area contributed by atoms with Crippen molar-refractivity contribution in [2.45, 2.75) is 25.4 Å². The standard InChI is InChI=1S/C23H20Cl2N2O6/c1-32-15-6-2-13(3-7-15)10-26(14-4-5-14)20(28)12-33-21(29)11-27-22(30)16-8-18(24)19(25)9-17(16)23(27)31/h2-3,6-9,14H,4-5,10-12H2,1H3. The van der Waals surface area contributed by atoms with Gasteiger partial charge < -0.3 is 14.4 Å². The number of hydrogen-bond acceptors (Lipinski definition) is 6. The Labute approximate surface area is 199 Å². The molecule has 0 unspecified atom stereocenters. The highest BCUT2D eigenvalue weighted by Crippen LogP contribution is 2.32. The Morgan fingerprint density at radius 1 is 1.03 bits per heavy atom. The molecule has 0 atom stereocenters. The number of esters is 1. The summed E-state index contributed by atoms with van der Waals surface area (Å²) in [6, 6.07) is 10.1. The lowest BCUT2D eigenvalue weighted by Gasteiger charge is -2.23. The number of amides is 3. The Hall–Kier alpha value is -3.10. The van der Waals surface area contributed by atoms with E-state index in [0.29, 0.717) is 6.54 Å². The number of carbonyl (C=O) groups is 4. The summed E-state index contributed by atoms with van der Waals surface area (Å²) in [6.07, 6.45) is 1.77. The van der Waals surface area contributed by atoms with Crippen molar-refractivity contribution in [2.75, 3.05) is 20.3 Å². The lowest BCUT2D eigenvalue weighted by molar-refractivity contribution is -0.152. The minimum atomic E-state index is -0.866. The van der Waals surface area contributed by atoms with E-state index < -0.39 is 30.9 Å². The maximum Gasteiger partial charge on any atom is 0.326 e. The van der Waals surface area contributed by atoms with Crippen LogP contribution in [0.3, 0.4) is 0 Å². The van der Waals surface area contributed by atoms with Crippen molar-refractivity contribution in [2.24, 2.45) is 0 Å². The normalized spacial score (nSPS) is 14.8. The van der Waals surface area contributed by atoms with Crippen molar-refractivity contribution in [3.63, 3.8) is 0 Å². The molecule has 1 saturated carbocycles. The first-order valence-electron chi connectivity index (χ1n) is 10.2. The first kappa shape index (κ1) is 23.1. The zero-order valence-corrected chi connectivity index (χ0v) is 19.2. The van der Waals surface area contributed by atoms with Crippen LogP contribution in [0.2, 0.25) is 10.0 Å². The number of halogens is 2.